The van der Waals surface area contributed by atoms with Crippen molar-refractivity contribution in [2.24, 2.45) is 5.73 Å². The summed E-state index contributed by atoms with van der Waals surface area (Å²) in [5.74, 6) is 3.77. The van der Waals surface area contributed by atoms with Crippen molar-refractivity contribution in [1.82, 2.24) is 73.0 Å². The number of hydrogen-bond acceptors (Lipinski definition) is 23. The third kappa shape index (κ3) is 14.6. The number of rotatable bonds is 18. The second kappa shape index (κ2) is 31.3. The third-order valence-corrected chi connectivity index (χ3v) is 17.8. The molecule has 0 bridgehead atoms. The third-order valence-electron chi connectivity index (χ3n) is 15.2. The molecule has 15 aromatic rings. The minimum Gasteiger partial charge on any atom is -0.497 e. The summed E-state index contributed by atoms with van der Waals surface area (Å²) in [5.41, 5.74) is 19.5. The van der Waals surface area contributed by atoms with Gasteiger partial charge in [0, 0.05) is 115 Å². The van der Waals surface area contributed by atoms with Gasteiger partial charge in [0.2, 0.25) is 22.2 Å². The first-order valence-corrected chi connectivity index (χ1v) is 34.8. The quantitative estimate of drug-likeness (QED) is 0.0409. The van der Waals surface area contributed by atoms with E-state index in [9.17, 15) is 4.21 Å². The van der Waals surface area contributed by atoms with E-state index in [1.807, 2.05) is 167 Å². The predicted molar refractivity (Wildman–Crippen MR) is 385 cm³/mol. The molecule has 488 valence electrons. The van der Waals surface area contributed by atoms with E-state index >= 15 is 0 Å². The van der Waals surface area contributed by atoms with Gasteiger partial charge in [0.1, 0.15) is 34.2 Å². The predicted octanol–water partition coefficient (Wildman–Crippen LogP) is 13.2. The summed E-state index contributed by atoms with van der Waals surface area (Å²) in [5, 5.41) is 12.4. The van der Waals surface area contributed by atoms with Gasteiger partial charge in [-0.05, 0) is 138 Å². The van der Waals surface area contributed by atoms with Crippen LogP contribution in [0.15, 0.2) is 222 Å². The lowest BCUT2D eigenvalue weighted by atomic mass is 10.1. The maximum atomic E-state index is 11.8. The van der Waals surface area contributed by atoms with E-state index in [4.69, 9.17) is 34.1 Å². The maximum Gasteiger partial charge on any atom is 0.223 e. The number of nitrogens with one attached hydrogen (secondary N) is 2. The van der Waals surface area contributed by atoms with Crippen molar-refractivity contribution >= 4 is 108 Å². The Morgan fingerprint density at radius 1 is 0.443 bits per heavy atom. The van der Waals surface area contributed by atoms with Gasteiger partial charge in [-0.1, -0.05) is 59.9 Å². The zero-order chi connectivity index (χ0) is 67.2. The molecule has 0 aliphatic rings. The number of nitrogens with two attached hydrogens (primary N) is 1. The monoisotopic (exact) mass is 1360 g/mol. The van der Waals surface area contributed by atoms with Crippen molar-refractivity contribution in [2.75, 3.05) is 57.8 Å². The summed E-state index contributed by atoms with van der Waals surface area (Å²) in [6.07, 6.45) is 21.5. The van der Waals surface area contributed by atoms with Crippen molar-refractivity contribution in [3.8, 4) is 51.0 Å². The molecule has 0 spiro atoms. The van der Waals surface area contributed by atoms with Crippen molar-refractivity contribution in [3.63, 3.8) is 0 Å². The summed E-state index contributed by atoms with van der Waals surface area (Å²) in [6, 6.07) is 47.1. The van der Waals surface area contributed by atoms with Gasteiger partial charge >= 0.3 is 0 Å². The van der Waals surface area contributed by atoms with E-state index in [-0.39, 0.29) is 0 Å². The van der Waals surface area contributed by atoms with E-state index < -0.39 is 10.8 Å². The lowest BCUT2D eigenvalue weighted by Gasteiger charge is -2.10. The zero-order valence-corrected chi connectivity index (χ0v) is 56.9. The van der Waals surface area contributed by atoms with Gasteiger partial charge in [0.15, 0.2) is 10.3 Å². The van der Waals surface area contributed by atoms with Gasteiger partial charge in [0.25, 0.3) is 0 Å². The number of nitrogens with zero attached hydrogens (tertiary/aromatic N) is 15. The number of hydrogen-bond donors (Lipinski definition) is 3. The van der Waals surface area contributed by atoms with Crippen LogP contribution in [0.5, 0.6) is 17.2 Å². The molecule has 0 radical (unpaired) electrons. The second-order valence-corrected chi connectivity index (χ2v) is 24.6. The first-order valence-electron chi connectivity index (χ1n) is 30.0. The van der Waals surface area contributed by atoms with Crippen molar-refractivity contribution < 1.29 is 22.6 Å². The first kappa shape index (κ1) is 66.3. The van der Waals surface area contributed by atoms with Crippen LogP contribution in [-0.2, 0) is 34.6 Å². The van der Waals surface area contributed by atoms with Crippen molar-refractivity contribution in [1.29, 1.82) is 0 Å². The number of anilines is 2. The highest BCUT2D eigenvalue weighted by Crippen LogP contribution is 2.39. The summed E-state index contributed by atoms with van der Waals surface area (Å²) < 4.78 is 38.5. The fourth-order valence-corrected chi connectivity index (χ4v) is 12.6. The molecular weight excluding hydrogens is 1300 g/mol. The van der Waals surface area contributed by atoms with Crippen LogP contribution in [-0.4, -0.2) is 124 Å². The molecule has 12 heterocycles. The minimum atomic E-state index is -1.26. The minimum absolute atomic E-state index is 0.300. The summed E-state index contributed by atoms with van der Waals surface area (Å²) in [4.78, 5) is 54.1. The standard InChI is InChI=1S/C30H27N7O2.C16H13N5O2S2.C16H13N5S2.C8H11NO/c1-38-22-9-5-20(6-10-22)18-34-29-32-16-13-25(36-29)27-24-4-3-15-31-28(24)37-26(27)14-17-33-30(37)35-19-21-7-11-23(39-2)12-8-21;1-23-24-16-19-9-6-12-13(10-4-3-7-17-14(10)21(12)16)11-5-8-18-15(20-11)25(2)22;1-22-15-18-8-5-11(20-15)13-10-4-3-7-17-14(10)21-12(13)6-9-19-16(21)23-2;1-10-8-4-2-7(6-9)3-5-8/h3-17H,18-19H2,1-2H3,(H,33,35)(H,32,34,36);3-9H,1-2H3;3-9H,1-2H3;2-5H,6,9H2,1H3. The Kier molecular flexibility index (Phi) is 21.4. The lowest BCUT2D eigenvalue weighted by Crippen LogP contribution is -2.06. The molecule has 1 atom stereocenters. The molecule has 97 heavy (non-hydrogen) atoms. The molecule has 4 N–H and O–H groups in total. The van der Waals surface area contributed by atoms with Crippen molar-refractivity contribution in [2.45, 2.75) is 40.3 Å². The summed E-state index contributed by atoms with van der Waals surface area (Å²) in [6.45, 7) is 1.78. The van der Waals surface area contributed by atoms with Crippen LogP contribution in [0.4, 0.5) is 11.9 Å². The number of fused-ring (bicyclic) bond motifs is 9. The summed E-state index contributed by atoms with van der Waals surface area (Å²) in [7, 11) is 5.31. The lowest BCUT2D eigenvalue weighted by molar-refractivity contribution is 0.414. The summed E-state index contributed by atoms with van der Waals surface area (Å²) >= 11 is 4.31. The van der Waals surface area contributed by atoms with Crippen LogP contribution in [0.25, 0.3) is 83.4 Å². The van der Waals surface area contributed by atoms with E-state index in [1.165, 1.54) is 23.8 Å². The topological polar surface area (TPSA) is 272 Å². The van der Waals surface area contributed by atoms with Gasteiger partial charge in [-0.3, -0.25) is 17.4 Å². The first-order chi connectivity index (χ1) is 47.6. The number of ether oxygens (including phenoxy) is 3. The average molecular weight is 1370 g/mol. The molecule has 0 aliphatic carbocycles. The highest BCUT2D eigenvalue weighted by Gasteiger charge is 2.22. The van der Waals surface area contributed by atoms with Gasteiger partial charge in [-0.25, -0.2) is 59.8 Å². The van der Waals surface area contributed by atoms with Gasteiger partial charge < -0.3 is 34.8 Å². The normalized spacial score (nSPS) is 11.4. The molecule has 0 saturated heterocycles. The number of methoxy groups -OCH3 is 3. The molecule has 0 aliphatic heterocycles. The Balaban J connectivity index is 0.000000134. The Morgan fingerprint density at radius 3 is 1.39 bits per heavy atom. The van der Waals surface area contributed by atoms with Gasteiger partial charge in [-0.15, -0.1) is 0 Å². The van der Waals surface area contributed by atoms with E-state index in [2.05, 4.69) is 77.0 Å². The molecule has 27 heteroatoms. The van der Waals surface area contributed by atoms with E-state index in [0.29, 0.717) is 47.5 Å². The molecule has 3 aromatic carbocycles. The zero-order valence-electron chi connectivity index (χ0n) is 53.6. The maximum absolute atomic E-state index is 11.8. The Bertz CT molecular complexity index is 5210. The molecule has 15 rings (SSSR count). The average Bonchev–Trinajstić information content (AvgIpc) is 1.61. The molecule has 0 saturated carbocycles. The van der Waals surface area contributed by atoms with Crippen LogP contribution in [0.1, 0.15) is 16.7 Å². The SMILES string of the molecule is COSc1nccc2c(-c3ccnc(S(C)=O)n3)c3cccnc3n12.COc1ccc(CN)cc1.COc1ccc(CNc2nccc(-c3c4cccnc4n4c(NCc5ccc(OC)cc5)nccc34)n2)cc1.CSc1nccc(-c2c3cccnc3n3c(SC)nccc23)n1. The largest absolute Gasteiger partial charge is 0.497 e. The molecule has 0 amide bonds. The molecular formula is C70H64N18O5S4. The smallest absolute Gasteiger partial charge is 0.223 e. The van der Waals surface area contributed by atoms with Crippen LogP contribution >= 0.6 is 35.6 Å². The number of aromatic nitrogens is 15. The Hall–Kier alpha value is -10.7. The van der Waals surface area contributed by atoms with E-state index in [1.54, 1.807) is 89.8 Å². The molecule has 23 nitrogen and oxygen atoms in total. The highest BCUT2D eigenvalue weighted by atomic mass is 32.2. The van der Waals surface area contributed by atoms with Crippen LogP contribution < -0.4 is 30.6 Å². The number of thioether (sulfide) groups is 2. The van der Waals surface area contributed by atoms with Crippen LogP contribution in [0.2, 0.25) is 0 Å². The number of benzene rings is 3. The Morgan fingerprint density at radius 2 is 0.887 bits per heavy atom. The molecule has 1 unspecified atom stereocenters. The Labute approximate surface area is 572 Å². The number of pyridine rings is 3. The van der Waals surface area contributed by atoms with E-state index in [0.717, 1.165) is 122 Å². The van der Waals surface area contributed by atoms with Crippen LogP contribution in [0, 0.1) is 0 Å². The highest BCUT2D eigenvalue weighted by molar-refractivity contribution is 7.98. The molecule has 0 fully saturated rings. The van der Waals surface area contributed by atoms with Crippen LogP contribution in [0.3, 0.4) is 0 Å². The van der Waals surface area contributed by atoms with Gasteiger partial charge in [-0.2, -0.15) is 0 Å². The van der Waals surface area contributed by atoms with Gasteiger partial charge in [0.05, 0.1) is 84.9 Å². The fraction of sp³-hybridized carbons (Fsp3) is 0.143. The molecule has 12 aromatic heterocycles. The fourth-order valence-electron chi connectivity index (χ4n) is 10.8. The van der Waals surface area contributed by atoms with Crippen molar-refractivity contribution in [3.05, 3.63) is 218 Å². The second-order valence-electron chi connectivity index (χ2n) is 20.9.